The lowest BCUT2D eigenvalue weighted by Crippen LogP contribution is -2.14. The second kappa shape index (κ2) is 4.94. The Kier molecular flexibility index (Phi) is 3.25. The van der Waals surface area contributed by atoms with E-state index in [4.69, 9.17) is 0 Å². The molecular formula is C14H12F2N2OS. The molecule has 1 N–H and O–H groups in total. The predicted molar refractivity (Wildman–Crippen MR) is 73.4 cm³/mol. The van der Waals surface area contributed by atoms with Gasteiger partial charge in [0.25, 0.3) is 0 Å². The molecule has 1 amide bonds. The molecular weight excluding hydrogens is 282 g/mol. The van der Waals surface area contributed by atoms with E-state index in [1.807, 2.05) is 6.92 Å². The zero-order valence-corrected chi connectivity index (χ0v) is 11.5. The first-order valence-electron chi connectivity index (χ1n) is 6.26. The lowest BCUT2D eigenvalue weighted by molar-refractivity contribution is -0.117. The van der Waals surface area contributed by atoms with E-state index in [0.717, 1.165) is 24.6 Å². The Hall–Kier alpha value is -1.82. The molecule has 0 bridgehead atoms. The first-order chi connectivity index (χ1) is 9.54. The highest BCUT2D eigenvalue weighted by molar-refractivity contribution is 7.14. The highest BCUT2D eigenvalue weighted by Crippen LogP contribution is 2.39. The number of anilines is 1. The normalized spacial score (nSPS) is 20.8. The Morgan fingerprint density at radius 2 is 2.20 bits per heavy atom. The van der Waals surface area contributed by atoms with Crippen molar-refractivity contribution in [3.63, 3.8) is 0 Å². The molecule has 3 rings (SSSR count). The summed E-state index contributed by atoms with van der Waals surface area (Å²) in [6.45, 7) is 2.01. The minimum Gasteiger partial charge on any atom is -0.302 e. The molecule has 6 heteroatoms. The van der Waals surface area contributed by atoms with E-state index in [1.165, 1.54) is 11.3 Å². The second-order valence-electron chi connectivity index (χ2n) is 4.97. The average Bonchev–Trinajstić information content (AvgIpc) is 2.97. The van der Waals surface area contributed by atoms with E-state index in [0.29, 0.717) is 16.7 Å². The van der Waals surface area contributed by atoms with Crippen molar-refractivity contribution in [2.75, 3.05) is 5.32 Å². The minimum atomic E-state index is -0.537. The molecule has 1 aromatic carbocycles. The van der Waals surface area contributed by atoms with E-state index in [1.54, 1.807) is 5.38 Å². The Morgan fingerprint density at radius 3 is 2.90 bits per heavy atom. The third-order valence-electron chi connectivity index (χ3n) is 3.38. The van der Waals surface area contributed by atoms with Gasteiger partial charge in [-0.1, -0.05) is 6.92 Å². The summed E-state index contributed by atoms with van der Waals surface area (Å²) in [5.74, 6) is -0.654. The van der Waals surface area contributed by atoms with Gasteiger partial charge in [-0.05, 0) is 30.5 Å². The van der Waals surface area contributed by atoms with Gasteiger partial charge >= 0.3 is 0 Å². The smallest absolute Gasteiger partial charge is 0.229 e. The third kappa shape index (κ3) is 2.56. The molecule has 1 aromatic heterocycles. The van der Waals surface area contributed by atoms with Crippen molar-refractivity contribution in [1.29, 1.82) is 0 Å². The Morgan fingerprint density at radius 1 is 1.45 bits per heavy atom. The SMILES string of the molecule is CC1CC1C(=O)Nc1nc(-c2cc(F)ccc2F)cs1. The molecule has 1 fully saturated rings. The monoisotopic (exact) mass is 294 g/mol. The zero-order valence-electron chi connectivity index (χ0n) is 10.7. The summed E-state index contributed by atoms with van der Waals surface area (Å²) in [5, 5.41) is 4.72. The summed E-state index contributed by atoms with van der Waals surface area (Å²) in [5.41, 5.74) is 0.424. The molecule has 0 spiro atoms. The van der Waals surface area contributed by atoms with Crippen molar-refractivity contribution in [2.24, 2.45) is 11.8 Å². The fraction of sp³-hybridized carbons (Fsp3) is 0.286. The van der Waals surface area contributed by atoms with Crippen LogP contribution in [0.2, 0.25) is 0 Å². The van der Waals surface area contributed by atoms with Gasteiger partial charge in [0.05, 0.1) is 5.69 Å². The Labute approximate surface area is 118 Å². The minimum absolute atomic E-state index is 0.0493. The first-order valence-corrected chi connectivity index (χ1v) is 7.14. The van der Waals surface area contributed by atoms with Crippen LogP contribution in [-0.4, -0.2) is 10.9 Å². The quantitative estimate of drug-likeness (QED) is 0.938. The van der Waals surface area contributed by atoms with Crippen LogP contribution in [0.25, 0.3) is 11.3 Å². The highest BCUT2D eigenvalue weighted by Gasteiger charge is 2.39. The number of hydrogen-bond donors (Lipinski definition) is 1. The maximum atomic E-state index is 13.6. The fourth-order valence-electron chi connectivity index (χ4n) is 2.03. The number of hydrogen-bond acceptors (Lipinski definition) is 3. The van der Waals surface area contributed by atoms with Crippen molar-refractivity contribution in [2.45, 2.75) is 13.3 Å². The molecule has 0 radical (unpaired) electrons. The molecule has 1 aliphatic carbocycles. The van der Waals surface area contributed by atoms with Crippen molar-refractivity contribution in [3.05, 3.63) is 35.2 Å². The summed E-state index contributed by atoms with van der Waals surface area (Å²) < 4.78 is 26.8. The molecule has 1 heterocycles. The number of rotatable bonds is 3. The summed E-state index contributed by atoms with van der Waals surface area (Å²) in [4.78, 5) is 15.9. The van der Waals surface area contributed by atoms with Crippen molar-refractivity contribution < 1.29 is 13.6 Å². The number of nitrogens with zero attached hydrogens (tertiary/aromatic N) is 1. The number of nitrogens with one attached hydrogen (secondary N) is 1. The lowest BCUT2D eigenvalue weighted by atomic mass is 10.1. The van der Waals surface area contributed by atoms with Gasteiger partial charge in [-0.3, -0.25) is 4.79 Å². The molecule has 0 saturated heterocycles. The summed E-state index contributed by atoms with van der Waals surface area (Å²) in [6.07, 6.45) is 0.891. The van der Waals surface area contributed by atoms with Gasteiger partial charge < -0.3 is 5.32 Å². The van der Waals surface area contributed by atoms with Crippen LogP contribution in [0.4, 0.5) is 13.9 Å². The zero-order chi connectivity index (χ0) is 14.3. The van der Waals surface area contributed by atoms with Gasteiger partial charge in [0, 0.05) is 16.9 Å². The van der Waals surface area contributed by atoms with Crippen LogP contribution in [0.5, 0.6) is 0 Å². The molecule has 2 atom stereocenters. The second-order valence-corrected chi connectivity index (χ2v) is 5.83. The van der Waals surface area contributed by atoms with Crippen LogP contribution >= 0.6 is 11.3 Å². The molecule has 2 unspecified atom stereocenters. The molecule has 1 aliphatic rings. The van der Waals surface area contributed by atoms with E-state index < -0.39 is 11.6 Å². The maximum Gasteiger partial charge on any atom is 0.229 e. The Balaban J connectivity index is 1.79. The van der Waals surface area contributed by atoms with Gasteiger partial charge in [-0.15, -0.1) is 11.3 Å². The molecule has 3 nitrogen and oxygen atoms in total. The number of benzene rings is 1. The van der Waals surface area contributed by atoms with Gasteiger partial charge in [-0.2, -0.15) is 0 Å². The van der Waals surface area contributed by atoms with Crippen LogP contribution in [0.15, 0.2) is 23.6 Å². The summed E-state index contributed by atoms with van der Waals surface area (Å²) in [6, 6.07) is 3.22. The van der Waals surface area contributed by atoms with Crippen molar-refractivity contribution >= 4 is 22.4 Å². The summed E-state index contributed by atoms with van der Waals surface area (Å²) >= 11 is 1.20. The first kappa shape index (κ1) is 13.2. The third-order valence-corrected chi connectivity index (χ3v) is 4.14. The van der Waals surface area contributed by atoms with Crippen LogP contribution in [0, 0.1) is 23.5 Å². The van der Waals surface area contributed by atoms with Gasteiger partial charge in [0.1, 0.15) is 11.6 Å². The largest absolute Gasteiger partial charge is 0.302 e. The van der Waals surface area contributed by atoms with Crippen molar-refractivity contribution in [1.82, 2.24) is 4.98 Å². The standard InChI is InChI=1S/C14H12F2N2OS/c1-7-4-9(7)13(19)18-14-17-12(6-20-14)10-5-8(15)2-3-11(10)16/h2-3,5-7,9H,4H2,1H3,(H,17,18,19). The highest BCUT2D eigenvalue weighted by atomic mass is 32.1. The van der Waals surface area contributed by atoms with E-state index in [2.05, 4.69) is 10.3 Å². The van der Waals surface area contributed by atoms with Gasteiger partial charge in [0.15, 0.2) is 5.13 Å². The molecule has 1 saturated carbocycles. The number of aromatic nitrogens is 1. The molecule has 2 aromatic rings. The fourth-order valence-corrected chi connectivity index (χ4v) is 2.75. The van der Waals surface area contributed by atoms with Crippen LogP contribution < -0.4 is 5.32 Å². The number of halogens is 2. The predicted octanol–water partition coefficient (Wildman–Crippen LogP) is 3.68. The van der Waals surface area contributed by atoms with Gasteiger partial charge in [-0.25, -0.2) is 13.8 Å². The number of thiazole rings is 1. The molecule has 104 valence electrons. The summed E-state index contributed by atoms with van der Waals surface area (Å²) in [7, 11) is 0. The topological polar surface area (TPSA) is 42.0 Å². The number of carbonyl (C=O) groups excluding carboxylic acids is 1. The van der Waals surface area contributed by atoms with Crippen LogP contribution in [0.3, 0.4) is 0 Å². The van der Waals surface area contributed by atoms with Gasteiger partial charge in [0.2, 0.25) is 5.91 Å². The van der Waals surface area contributed by atoms with Crippen molar-refractivity contribution in [3.8, 4) is 11.3 Å². The maximum absolute atomic E-state index is 13.6. The van der Waals surface area contributed by atoms with E-state index in [9.17, 15) is 13.6 Å². The van der Waals surface area contributed by atoms with Crippen LogP contribution in [0.1, 0.15) is 13.3 Å². The lowest BCUT2D eigenvalue weighted by Gasteiger charge is -2.00. The van der Waals surface area contributed by atoms with E-state index >= 15 is 0 Å². The van der Waals surface area contributed by atoms with Crippen LogP contribution in [-0.2, 0) is 4.79 Å². The van der Waals surface area contributed by atoms with E-state index in [-0.39, 0.29) is 17.4 Å². The molecule has 20 heavy (non-hydrogen) atoms. The molecule has 0 aliphatic heterocycles. The number of carbonyl (C=O) groups is 1. The average molecular weight is 294 g/mol. The number of amides is 1. The Bertz CT molecular complexity index is 671.